The summed E-state index contributed by atoms with van der Waals surface area (Å²) in [4.78, 5) is 0. The first-order valence-corrected chi connectivity index (χ1v) is 4.25. The molecule has 0 amide bonds. The second-order valence-corrected chi connectivity index (χ2v) is 3.65. The summed E-state index contributed by atoms with van der Waals surface area (Å²) < 4.78 is 13.2. The molecule has 70 valence electrons. The second kappa shape index (κ2) is 2.45. The van der Waals surface area contributed by atoms with Crippen LogP contribution in [0, 0.1) is 12.7 Å². The van der Waals surface area contributed by atoms with Gasteiger partial charge in [0, 0.05) is 11.6 Å². The summed E-state index contributed by atoms with van der Waals surface area (Å²) in [6.45, 7) is 1.68. The van der Waals surface area contributed by atoms with E-state index in [1.165, 1.54) is 6.07 Å². The van der Waals surface area contributed by atoms with Crippen LogP contribution < -0.4 is 0 Å². The zero-order chi connectivity index (χ0) is 9.64. The molecule has 2 rings (SSSR count). The van der Waals surface area contributed by atoms with Crippen LogP contribution in [0.5, 0.6) is 5.75 Å². The number of aryl methyl sites for hydroxylation is 1. The predicted molar refractivity (Wildman–Crippen MR) is 45.9 cm³/mol. The van der Waals surface area contributed by atoms with Crippen LogP contribution in [0.25, 0.3) is 0 Å². The molecule has 3 heteroatoms. The van der Waals surface area contributed by atoms with Crippen LogP contribution in [0.2, 0.25) is 0 Å². The van der Waals surface area contributed by atoms with Gasteiger partial charge in [0.15, 0.2) is 0 Å². The van der Waals surface area contributed by atoms with E-state index in [4.69, 9.17) is 0 Å². The Morgan fingerprint density at radius 2 is 2.00 bits per heavy atom. The molecule has 0 aromatic heterocycles. The second-order valence-electron chi connectivity index (χ2n) is 3.65. The number of benzene rings is 1. The zero-order valence-electron chi connectivity index (χ0n) is 7.34. The molecule has 0 spiro atoms. The molecule has 1 aliphatic carbocycles. The number of hydrogen-bond acceptors (Lipinski definition) is 2. The molecule has 1 aromatic carbocycles. The van der Waals surface area contributed by atoms with Gasteiger partial charge >= 0.3 is 0 Å². The molecule has 0 heterocycles. The Bertz CT molecular complexity index is 356. The van der Waals surface area contributed by atoms with Crippen LogP contribution in [-0.2, 0) is 5.60 Å². The van der Waals surface area contributed by atoms with Crippen molar-refractivity contribution in [2.75, 3.05) is 0 Å². The summed E-state index contributed by atoms with van der Waals surface area (Å²) in [5, 5.41) is 18.9. The van der Waals surface area contributed by atoms with Gasteiger partial charge in [-0.1, -0.05) is 0 Å². The maximum absolute atomic E-state index is 13.2. The molecule has 13 heavy (non-hydrogen) atoms. The Kier molecular flexibility index (Phi) is 1.60. The Labute approximate surface area is 75.6 Å². The SMILES string of the molecule is Cc1cc(C2(O)CC2)c(F)cc1O. The molecule has 2 N–H and O–H groups in total. The molecular weight excluding hydrogens is 171 g/mol. The predicted octanol–water partition coefficient (Wildman–Crippen LogP) is 1.82. The quantitative estimate of drug-likeness (QED) is 0.695. The van der Waals surface area contributed by atoms with E-state index in [9.17, 15) is 14.6 Å². The molecule has 1 aliphatic rings. The van der Waals surface area contributed by atoms with Crippen molar-refractivity contribution in [1.29, 1.82) is 0 Å². The highest BCUT2D eigenvalue weighted by Gasteiger charge is 2.44. The van der Waals surface area contributed by atoms with Crippen molar-refractivity contribution in [3.63, 3.8) is 0 Å². The van der Waals surface area contributed by atoms with Crippen molar-refractivity contribution in [2.45, 2.75) is 25.4 Å². The minimum absolute atomic E-state index is 0.0644. The van der Waals surface area contributed by atoms with E-state index < -0.39 is 11.4 Å². The summed E-state index contributed by atoms with van der Waals surface area (Å²) >= 11 is 0. The average molecular weight is 182 g/mol. The fourth-order valence-electron chi connectivity index (χ4n) is 1.42. The Morgan fingerprint density at radius 3 is 2.54 bits per heavy atom. The van der Waals surface area contributed by atoms with Crippen molar-refractivity contribution in [2.24, 2.45) is 0 Å². The highest BCUT2D eigenvalue weighted by Crippen LogP contribution is 2.47. The standard InChI is InChI=1S/C10H11FO2/c1-6-4-7(10(13)2-3-10)8(11)5-9(6)12/h4-5,12-13H,2-3H2,1H3. The van der Waals surface area contributed by atoms with Crippen molar-refractivity contribution in [3.8, 4) is 5.75 Å². The van der Waals surface area contributed by atoms with E-state index in [1.807, 2.05) is 0 Å². The third kappa shape index (κ3) is 1.29. The number of phenolic OH excluding ortho intramolecular Hbond substituents is 1. The first kappa shape index (κ1) is 8.51. The Balaban J connectivity index is 2.52. The lowest BCUT2D eigenvalue weighted by molar-refractivity contribution is 0.146. The minimum atomic E-state index is -0.970. The summed E-state index contributed by atoms with van der Waals surface area (Å²) in [5.41, 5.74) is -0.0674. The van der Waals surface area contributed by atoms with Crippen LogP contribution in [0.15, 0.2) is 12.1 Å². The van der Waals surface area contributed by atoms with E-state index in [0.29, 0.717) is 24.0 Å². The fraction of sp³-hybridized carbons (Fsp3) is 0.400. The molecule has 1 saturated carbocycles. The largest absolute Gasteiger partial charge is 0.508 e. The van der Waals surface area contributed by atoms with Crippen molar-refractivity contribution in [3.05, 3.63) is 29.1 Å². The van der Waals surface area contributed by atoms with Crippen molar-refractivity contribution < 1.29 is 14.6 Å². The summed E-state index contributed by atoms with van der Waals surface area (Å²) in [6, 6.07) is 2.57. The van der Waals surface area contributed by atoms with E-state index in [2.05, 4.69) is 0 Å². The molecule has 0 atom stereocenters. The smallest absolute Gasteiger partial charge is 0.132 e. The van der Waals surface area contributed by atoms with Crippen LogP contribution in [0.4, 0.5) is 4.39 Å². The topological polar surface area (TPSA) is 40.5 Å². The summed E-state index contributed by atoms with van der Waals surface area (Å²) in [6.07, 6.45) is 1.21. The molecule has 1 aromatic rings. The Hall–Kier alpha value is -1.09. The molecule has 0 aliphatic heterocycles. The number of phenols is 1. The van der Waals surface area contributed by atoms with Gasteiger partial charge in [-0.05, 0) is 31.4 Å². The van der Waals surface area contributed by atoms with Crippen molar-refractivity contribution >= 4 is 0 Å². The lowest BCUT2D eigenvalue weighted by atomic mass is 10.0. The van der Waals surface area contributed by atoms with Crippen molar-refractivity contribution in [1.82, 2.24) is 0 Å². The van der Waals surface area contributed by atoms with E-state index >= 15 is 0 Å². The normalized spacial score (nSPS) is 18.7. The van der Waals surface area contributed by atoms with Gasteiger partial charge in [0.05, 0.1) is 5.60 Å². The first-order valence-electron chi connectivity index (χ1n) is 4.25. The van der Waals surface area contributed by atoms with Gasteiger partial charge in [-0.15, -0.1) is 0 Å². The lowest BCUT2D eigenvalue weighted by Gasteiger charge is -2.10. The summed E-state index contributed by atoms with van der Waals surface area (Å²) in [5.74, 6) is -0.589. The molecule has 0 saturated heterocycles. The Morgan fingerprint density at radius 1 is 1.38 bits per heavy atom. The molecule has 0 radical (unpaired) electrons. The maximum atomic E-state index is 13.2. The average Bonchev–Trinajstić information content (AvgIpc) is 2.77. The van der Waals surface area contributed by atoms with E-state index in [-0.39, 0.29) is 5.75 Å². The molecule has 1 fully saturated rings. The highest BCUT2D eigenvalue weighted by atomic mass is 19.1. The summed E-state index contributed by atoms with van der Waals surface area (Å²) in [7, 11) is 0. The molecule has 2 nitrogen and oxygen atoms in total. The third-order valence-corrected chi connectivity index (χ3v) is 2.51. The molecule has 0 unspecified atom stereocenters. The van der Waals surface area contributed by atoms with Crippen LogP contribution in [0.3, 0.4) is 0 Å². The third-order valence-electron chi connectivity index (χ3n) is 2.51. The minimum Gasteiger partial charge on any atom is -0.508 e. The fourth-order valence-corrected chi connectivity index (χ4v) is 1.42. The van der Waals surface area contributed by atoms with Gasteiger partial charge in [0.1, 0.15) is 11.6 Å². The monoisotopic (exact) mass is 182 g/mol. The zero-order valence-corrected chi connectivity index (χ0v) is 7.34. The van der Waals surface area contributed by atoms with Gasteiger partial charge in [-0.2, -0.15) is 0 Å². The van der Waals surface area contributed by atoms with Crippen LogP contribution in [0.1, 0.15) is 24.0 Å². The van der Waals surface area contributed by atoms with Gasteiger partial charge in [-0.3, -0.25) is 0 Å². The van der Waals surface area contributed by atoms with Gasteiger partial charge in [0.25, 0.3) is 0 Å². The molecular formula is C10H11FO2. The van der Waals surface area contributed by atoms with E-state index in [0.717, 1.165) is 6.07 Å². The van der Waals surface area contributed by atoms with Crippen LogP contribution in [-0.4, -0.2) is 10.2 Å². The lowest BCUT2D eigenvalue weighted by Crippen LogP contribution is -2.07. The number of aliphatic hydroxyl groups is 1. The maximum Gasteiger partial charge on any atom is 0.132 e. The van der Waals surface area contributed by atoms with E-state index in [1.54, 1.807) is 6.92 Å². The molecule has 0 bridgehead atoms. The van der Waals surface area contributed by atoms with Crippen LogP contribution >= 0.6 is 0 Å². The van der Waals surface area contributed by atoms with Gasteiger partial charge < -0.3 is 10.2 Å². The van der Waals surface area contributed by atoms with Gasteiger partial charge in [0.2, 0.25) is 0 Å². The highest BCUT2D eigenvalue weighted by molar-refractivity contribution is 5.40. The van der Waals surface area contributed by atoms with Gasteiger partial charge in [-0.25, -0.2) is 4.39 Å². The first-order chi connectivity index (χ1) is 6.03. The number of halogens is 1. The number of aromatic hydroxyl groups is 1. The number of rotatable bonds is 1. The number of hydrogen-bond donors (Lipinski definition) is 2.